The maximum Gasteiger partial charge on any atom is 0.458 e. The third-order valence-electron chi connectivity index (χ3n) is 1.50. The highest BCUT2D eigenvalue weighted by atomic mass is 19.4. The number of aromatic nitrogens is 1. The van der Waals surface area contributed by atoms with Crippen molar-refractivity contribution in [1.82, 2.24) is 4.98 Å². The lowest BCUT2D eigenvalue weighted by atomic mass is 10.1. The zero-order chi connectivity index (χ0) is 11.0. The minimum Gasteiger partial charge on any atom is -0.384 e. The van der Waals surface area contributed by atoms with E-state index in [2.05, 4.69) is 4.98 Å². The van der Waals surface area contributed by atoms with Crippen LogP contribution in [0.1, 0.15) is 5.56 Å². The van der Waals surface area contributed by atoms with Crippen molar-refractivity contribution in [3.63, 3.8) is 0 Å². The van der Waals surface area contributed by atoms with Gasteiger partial charge in [0, 0.05) is 11.8 Å². The van der Waals surface area contributed by atoms with Gasteiger partial charge in [-0.2, -0.15) is 22.0 Å². The molecule has 2 nitrogen and oxygen atoms in total. The molecular formula is C7H5F5N2. The van der Waals surface area contributed by atoms with Gasteiger partial charge in [0.1, 0.15) is 5.82 Å². The fourth-order valence-electron chi connectivity index (χ4n) is 0.755. The maximum atomic E-state index is 12.6. The minimum absolute atomic E-state index is 0.119. The summed E-state index contributed by atoms with van der Waals surface area (Å²) in [7, 11) is 0. The number of nitrogens with zero attached hydrogens (tertiary/aromatic N) is 1. The van der Waals surface area contributed by atoms with Gasteiger partial charge in [0.05, 0.1) is 0 Å². The normalized spacial score (nSPS) is 12.9. The number of hydrogen-bond acceptors (Lipinski definition) is 2. The lowest BCUT2D eigenvalue weighted by Crippen LogP contribution is -2.33. The summed E-state index contributed by atoms with van der Waals surface area (Å²) < 4.78 is 60.6. The smallest absolute Gasteiger partial charge is 0.384 e. The highest BCUT2D eigenvalue weighted by Crippen LogP contribution is 2.43. The fourth-order valence-corrected chi connectivity index (χ4v) is 0.755. The highest BCUT2D eigenvalue weighted by molar-refractivity contribution is 5.31. The number of nitrogens with two attached hydrogens (primary N) is 1. The van der Waals surface area contributed by atoms with E-state index < -0.39 is 17.7 Å². The molecule has 1 heterocycles. The van der Waals surface area contributed by atoms with Crippen molar-refractivity contribution in [2.75, 3.05) is 5.73 Å². The molecule has 1 aromatic rings. The van der Waals surface area contributed by atoms with Crippen molar-refractivity contribution in [2.24, 2.45) is 0 Å². The summed E-state index contributed by atoms with van der Waals surface area (Å²) in [6.45, 7) is 0. The summed E-state index contributed by atoms with van der Waals surface area (Å²) >= 11 is 0. The molecule has 0 saturated heterocycles. The standard InChI is InChI=1S/C7H5F5N2/c8-6(9,7(10,11)12)4-1-2-5(13)14-3-4/h1-3H,(H2,13,14). The van der Waals surface area contributed by atoms with Crippen molar-refractivity contribution < 1.29 is 22.0 Å². The van der Waals surface area contributed by atoms with E-state index >= 15 is 0 Å². The summed E-state index contributed by atoms with van der Waals surface area (Å²) in [6.07, 6.45) is -5.21. The molecule has 0 aliphatic heterocycles. The van der Waals surface area contributed by atoms with Crippen LogP contribution in [0.4, 0.5) is 27.8 Å². The van der Waals surface area contributed by atoms with Gasteiger partial charge in [-0.15, -0.1) is 0 Å². The van der Waals surface area contributed by atoms with E-state index in [1.807, 2.05) is 0 Å². The number of anilines is 1. The van der Waals surface area contributed by atoms with E-state index in [1.54, 1.807) is 0 Å². The van der Waals surface area contributed by atoms with Crippen molar-refractivity contribution in [2.45, 2.75) is 12.1 Å². The molecule has 0 spiro atoms. The molecule has 0 aromatic carbocycles. The van der Waals surface area contributed by atoms with Gasteiger partial charge in [-0.25, -0.2) is 4.98 Å². The molecule has 7 heteroatoms. The second-order valence-electron chi connectivity index (χ2n) is 2.54. The van der Waals surface area contributed by atoms with Crippen LogP contribution in [0.2, 0.25) is 0 Å². The van der Waals surface area contributed by atoms with Gasteiger partial charge >= 0.3 is 12.1 Å². The number of halogens is 5. The SMILES string of the molecule is Nc1ccc(C(F)(F)C(F)(F)F)cn1. The van der Waals surface area contributed by atoms with Crippen LogP contribution in [0.25, 0.3) is 0 Å². The van der Waals surface area contributed by atoms with E-state index in [0.717, 1.165) is 6.07 Å². The van der Waals surface area contributed by atoms with E-state index in [-0.39, 0.29) is 5.82 Å². The largest absolute Gasteiger partial charge is 0.458 e. The van der Waals surface area contributed by atoms with Crippen LogP contribution in [0.15, 0.2) is 18.3 Å². The minimum atomic E-state index is -5.62. The van der Waals surface area contributed by atoms with E-state index in [4.69, 9.17) is 5.73 Å². The Labute approximate surface area is 75.5 Å². The second-order valence-corrected chi connectivity index (χ2v) is 2.54. The Bertz CT molecular complexity index is 316. The maximum absolute atomic E-state index is 12.6. The Morgan fingerprint density at radius 2 is 1.64 bits per heavy atom. The quantitative estimate of drug-likeness (QED) is 0.725. The van der Waals surface area contributed by atoms with Crippen LogP contribution in [0.5, 0.6) is 0 Å². The molecule has 0 amide bonds. The molecule has 1 aromatic heterocycles. The van der Waals surface area contributed by atoms with Gasteiger partial charge < -0.3 is 5.73 Å². The first-order chi connectivity index (χ1) is 6.25. The van der Waals surface area contributed by atoms with Gasteiger partial charge in [-0.1, -0.05) is 0 Å². The van der Waals surface area contributed by atoms with Gasteiger partial charge in [-0.05, 0) is 12.1 Å². The summed E-state index contributed by atoms with van der Waals surface area (Å²) in [4.78, 5) is 3.16. The predicted molar refractivity (Wildman–Crippen MR) is 38.6 cm³/mol. The topological polar surface area (TPSA) is 38.9 Å². The van der Waals surface area contributed by atoms with E-state index in [0.29, 0.717) is 12.3 Å². The average molecular weight is 212 g/mol. The molecule has 1 rings (SSSR count). The van der Waals surface area contributed by atoms with Gasteiger partial charge in [-0.3, -0.25) is 0 Å². The molecular weight excluding hydrogens is 207 g/mol. The van der Waals surface area contributed by atoms with Gasteiger partial charge in [0.15, 0.2) is 0 Å². The molecule has 0 unspecified atom stereocenters. The lowest BCUT2D eigenvalue weighted by Gasteiger charge is -2.19. The van der Waals surface area contributed by atoms with Crippen LogP contribution in [-0.4, -0.2) is 11.2 Å². The average Bonchev–Trinajstić information content (AvgIpc) is 2.03. The predicted octanol–water partition coefficient (Wildman–Crippen LogP) is 2.32. The van der Waals surface area contributed by atoms with Crippen LogP contribution in [0.3, 0.4) is 0 Å². The van der Waals surface area contributed by atoms with E-state index in [1.165, 1.54) is 0 Å². The first kappa shape index (κ1) is 10.7. The first-order valence-corrected chi connectivity index (χ1v) is 3.41. The van der Waals surface area contributed by atoms with Crippen LogP contribution in [-0.2, 0) is 5.92 Å². The first-order valence-electron chi connectivity index (χ1n) is 3.41. The Morgan fingerprint density at radius 1 is 1.07 bits per heavy atom. The van der Waals surface area contributed by atoms with Crippen LogP contribution in [0, 0.1) is 0 Å². The molecule has 0 radical (unpaired) electrons. The molecule has 0 saturated carbocycles. The number of pyridine rings is 1. The molecule has 0 atom stereocenters. The van der Waals surface area contributed by atoms with Crippen LogP contribution >= 0.6 is 0 Å². The zero-order valence-corrected chi connectivity index (χ0v) is 6.65. The van der Waals surface area contributed by atoms with Crippen molar-refractivity contribution in [3.05, 3.63) is 23.9 Å². The number of rotatable bonds is 1. The third-order valence-corrected chi connectivity index (χ3v) is 1.50. The number of nitrogen functional groups attached to an aromatic ring is 1. The van der Waals surface area contributed by atoms with Crippen molar-refractivity contribution in [3.8, 4) is 0 Å². The fraction of sp³-hybridized carbons (Fsp3) is 0.286. The van der Waals surface area contributed by atoms with Crippen molar-refractivity contribution >= 4 is 5.82 Å². The molecule has 0 aliphatic rings. The number of alkyl halides is 5. The lowest BCUT2D eigenvalue weighted by molar-refractivity contribution is -0.289. The molecule has 0 aliphatic carbocycles. The molecule has 14 heavy (non-hydrogen) atoms. The third kappa shape index (κ3) is 1.75. The van der Waals surface area contributed by atoms with E-state index in [9.17, 15) is 22.0 Å². The van der Waals surface area contributed by atoms with Gasteiger partial charge in [0.2, 0.25) is 0 Å². The van der Waals surface area contributed by atoms with Crippen LogP contribution < -0.4 is 5.73 Å². The highest BCUT2D eigenvalue weighted by Gasteiger charge is 2.58. The summed E-state index contributed by atoms with van der Waals surface area (Å²) in [6, 6.07) is 1.48. The summed E-state index contributed by atoms with van der Waals surface area (Å²) in [5.74, 6) is -5.01. The Hall–Kier alpha value is -1.40. The monoisotopic (exact) mass is 212 g/mol. The van der Waals surface area contributed by atoms with Gasteiger partial charge in [0.25, 0.3) is 0 Å². The second kappa shape index (κ2) is 3.07. The summed E-state index contributed by atoms with van der Waals surface area (Å²) in [5, 5.41) is 0. The Kier molecular flexibility index (Phi) is 2.34. The molecule has 0 bridgehead atoms. The Balaban J connectivity index is 3.10. The Morgan fingerprint density at radius 3 is 2.00 bits per heavy atom. The zero-order valence-electron chi connectivity index (χ0n) is 6.65. The van der Waals surface area contributed by atoms with Crippen molar-refractivity contribution in [1.29, 1.82) is 0 Å². The molecule has 78 valence electrons. The summed E-state index contributed by atoms with van der Waals surface area (Å²) in [5.41, 5.74) is 3.82. The number of hydrogen-bond donors (Lipinski definition) is 1. The molecule has 0 fully saturated rings. The molecule has 2 N–H and O–H groups in total.